The molecule has 1 aliphatic rings. The van der Waals surface area contributed by atoms with Crippen molar-refractivity contribution in [2.24, 2.45) is 0 Å². The van der Waals surface area contributed by atoms with E-state index in [0.29, 0.717) is 24.6 Å². The molecule has 1 aromatic rings. The first-order valence-corrected chi connectivity index (χ1v) is 7.90. The van der Waals surface area contributed by atoms with E-state index in [1.165, 1.54) is 5.56 Å². The number of carbonyl (C=O) groups excluding carboxylic acids is 2. The van der Waals surface area contributed by atoms with Crippen molar-refractivity contribution in [2.75, 3.05) is 19.6 Å². The zero-order valence-corrected chi connectivity index (χ0v) is 14.2. The fourth-order valence-electron chi connectivity index (χ4n) is 2.75. The summed E-state index contributed by atoms with van der Waals surface area (Å²) in [5.74, 6) is 0.407. The van der Waals surface area contributed by atoms with Crippen molar-refractivity contribution in [1.82, 2.24) is 9.80 Å². The third-order valence-electron chi connectivity index (χ3n) is 4.14. The molecule has 0 spiro atoms. The van der Waals surface area contributed by atoms with E-state index in [1.807, 2.05) is 49.9 Å². The Hall–Kier alpha value is -1.84. The minimum atomic E-state index is -0.189. The monoisotopic (exact) mass is 302 g/mol. The maximum atomic E-state index is 12.5. The van der Waals surface area contributed by atoms with E-state index in [1.54, 1.807) is 4.90 Å². The van der Waals surface area contributed by atoms with Gasteiger partial charge in [-0.2, -0.15) is 0 Å². The van der Waals surface area contributed by atoms with Gasteiger partial charge in [0, 0.05) is 24.2 Å². The highest BCUT2D eigenvalue weighted by molar-refractivity contribution is 5.97. The second-order valence-electron chi connectivity index (χ2n) is 7.22. The lowest BCUT2D eigenvalue weighted by atomic mass is 10.0. The Morgan fingerprint density at radius 1 is 1.09 bits per heavy atom. The zero-order chi connectivity index (χ0) is 16.5. The van der Waals surface area contributed by atoms with Crippen LogP contribution in [0.3, 0.4) is 0 Å². The Morgan fingerprint density at radius 3 is 2.14 bits per heavy atom. The molecule has 0 bridgehead atoms. The summed E-state index contributed by atoms with van der Waals surface area (Å²) in [6, 6.07) is 7.70. The van der Waals surface area contributed by atoms with E-state index in [4.69, 9.17) is 0 Å². The van der Waals surface area contributed by atoms with Crippen molar-refractivity contribution < 1.29 is 9.59 Å². The lowest BCUT2D eigenvalue weighted by molar-refractivity contribution is -0.140. The normalized spacial score (nSPS) is 16.4. The molecular formula is C18H26N2O2. The summed E-state index contributed by atoms with van der Waals surface area (Å²) in [5.41, 5.74) is 1.68. The fraction of sp³-hybridized carbons (Fsp3) is 0.556. The van der Waals surface area contributed by atoms with Gasteiger partial charge in [-0.15, -0.1) is 0 Å². The van der Waals surface area contributed by atoms with E-state index in [-0.39, 0.29) is 23.9 Å². The third kappa shape index (κ3) is 3.49. The van der Waals surface area contributed by atoms with Gasteiger partial charge in [0.15, 0.2) is 0 Å². The van der Waals surface area contributed by atoms with Gasteiger partial charge in [0.1, 0.15) is 6.54 Å². The van der Waals surface area contributed by atoms with Crippen LogP contribution < -0.4 is 0 Å². The van der Waals surface area contributed by atoms with Gasteiger partial charge in [-0.1, -0.05) is 26.0 Å². The van der Waals surface area contributed by atoms with Gasteiger partial charge in [-0.25, -0.2) is 0 Å². The molecule has 1 aliphatic heterocycles. The number of carbonyl (C=O) groups is 2. The summed E-state index contributed by atoms with van der Waals surface area (Å²) < 4.78 is 0. The van der Waals surface area contributed by atoms with Crippen LogP contribution in [0.1, 0.15) is 56.5 Å². The van der Waals surface area contributed by atoms with Crippen LogP contribution in [-0.4, -0.2) is 46.8 Å². The summed E-state index contributed by atoms with van der Waals surface area (Å²) in [7, 11) is 0. The number of hydrogen-bond donors (Lipinski definition) is 0. The van der Waals surface area contributed by atoms with E-state index in [9.17, 15) is 9.59 Å². The van der Waals surface area contributed by atoms with Gasteiger partial charge >= 0.3 is 0 Å². The van der Waals surface area contributed by atoms with E-state index >= 15 is 0 Å². The first kappa shape index (κ1) is 16.5. The molecule has 1 aromatic carbocycles. The minimum absolute atomic E-state index is 0.0194. The first-order chi connectivity index (χ1) is 10.2. The average Bonchev–Trinajstić information content (AvgIpc) is 2.45. The molecule has 0 aromatic heterocycles. The minimum Gasteiger partial charge on any atom is -0.335 e. The fourth-order valence-corrected chi connectivity index (χ4v) is 2.75. The molecule has 4 nitrogen and oxygen atoms in total. The largest absolute Gasteiger partial charge is 0.335 e. The van der Waals surface area contributed by atoms with Crippen molar-refractivity contribution in [1.29, 1.82) is 0 Å². The molecule has 0 radical (unpaired) electrons. The van der Waals surface area contributed by atoms with Crippen molar-refractivity contribution in [3.8, 4) is 0 Å². The predicted molar refractivity (Wildman–Crippen MR) is 87.9 cm³/mol. The van der Waals surface area contributed by atoms with Crippen LogP contribution in [0.2, 0.25) is 0 Å². The molecule has 1 saturated heterocycles. The second-order valence-corrected chi connectivity index (χ2v) is 7.22. The summed E-state index contributed by atoms with van der Waals surface area (Å²) >= 11 is 0. The van der Waals surface area contributed by atoms with Crippen LogP contribution >= 0.6 is 0 Å². The molecule has 4 heteroatoms. The molecule has 0 atom stereocenters. The molecule has 1 heterocycles. The molecule has 2 amide bonds. The molecule has 2 rings (SSSR count). The zero-order valence-electron chi connectivity index (χ0n) is 14.2. The van der Waals surface area contributed by atoms with Crippen LogP contribution in [0, 0.1) is 0 Å². The first-order valence-electron chi connectivity index (χ1n) is 7.90. The Bertz CT molecular complexity index is 555. The molecular weight excluding hydrogens is 276 g/mol. The topological polar surface area (TPSA) is 40.6 Å². The standard InChI is InChI=1S/C18H26N2O2/c1-13(2)14-6-8-15(9-7-14)17(22)19-10-11-20(16(21)12-19)18(3,4)5/h6-9,13H,10-12H2,1-5H3. The molecule has 0 N–H and O–H groups in total. The predicted octanol–water partition coefficient (Wildman–Crippen LogP) is 2.89. The maximum Gasteiger partial charge on any atom is 0.254 e. The number of rotatable bonds is 2. The highest BCUT2D eigenvalue weighted by Gasteiger charge is 2.33. The Labute approximate surface area is 133 Å². The van der Waals surface area contributed by atoms with Crippen LogP contribution in [-0.2, 0) is 4.79 Å². The molecule has 0 aliphatic carbocycles. The lowest BCUT2D eigenvalue weighted by Gasteiger charge is -2.42. The molecule has 0 unspecified atom stereocenters. The average molecular weight is 302 g/mol. The van der Waals surface area contributed by atoms with E-state index in [0.717, 1.165) is 0 Å². The highest BCUT2D eigenvalue weighted by atomic mass is 16.2. The highest BCUT2D eigenvalue weighted by Crippen LogP contribution is 2.19. The summed E-state index contributed by atoms with van der Waals surface area (Å²) in [6.07, 6.45) is 0. The van der Waals surface area contributed by atoms with Gasteiger partial charge in [0.25, 0.3) is 5.91 Å². The SMILES string of the molecule is CC(C)c1ccc(C(=O)N2CCN(C(C)(C)C)C(=O)C2)cc1. The van der Waals surface area contributed by atoms with Crippen LogP contribution in [0.5, 0.6) is 0 Å². The second kappa shape index (κ2) is 6.11. The molecule has 22 heavy (non-hydrogen) atoms. The third-order valence-corrected chi connectivity index (χ3v) is 4.14. The molecule has 0 saturated carbocycles. The van der Waals surface area contributed by atoms with Gasteiger partial charge in [0.2, 0.25) is 5.91 Å². The van der Waals surface area contributed by atoms with Crippen molar-refractivity contribution >= 4 is 11.8 Å². The van der Waals surface area contributed by atoms with Crippen molar-refractivity contribution in [2.45, 2.75) is 46.1 Å². The summed E-state index contributed by atoms with van der Waals surface area (Å²) in [6.45, 7) is 11.7. The quantitative estimate of drug-likeness (QED) is 0.843. The number of nitrogens with zero attached hydrogens (tertiary/aromatic N) is 2. The van der Waals surface area contributed by atoms with Crippen molar-refractivity contribution in [3.05, 3.63) is 35.4 Å². The van der Waals surface area contributed by atoms with Crippen molar-refractivity contribution in [3.63, 3.8) is 0 Å². The Balaban J connectivity index is 2.07. The summed E-state index contributed by atoms with van der Waals surface area (Å²) in [4.78, 5) is 28.3. The smallest absolute Gasteiger partial charge is 0.254 e. The summed E-state index contributed by atoms with van der Waals surface area (Å²) in [5, 5.41) is 0. The lowest BCUT2D eigenvalue weighted by Crippen LogP contribution is -2.58. The Kier molecular flexibility index (Phi) is 4.59. The van der Waals surface area contributed by atoms with Gasteiger partial charge in [-0.3, -0.25) is 9.59 Å². The van der Waals surface area contributed by atoms with Gasteiger partial charge < -0.3 is 9.80 Å². The van der Waals surface area contributed by atoms with Gasteiger partial charge in [0.05, 0.1) is 0 Å². The Morgan fingerprint density at radius 2 is 1.68 bits per heavy atom. The van der Waals surface area contributed by atoms with Crippen LogP contribution in [0.15, 0.2) is 24.3 Å². The van der Waals surface area contributed by atoms with Crippen LogP contribution in [0.4, 0.5) is 0 Å². The van der Waals surface area contributed by atoms with Crippen LogP contribution in [0.25, 0.3) is 0 Å². The maximum absolute atomic E-state index is 12.5. The molecule has 120 valence electrons. The number of benzene rings is 1. The van der Waals surface area contributed by atoms with E-state index < -0.39 is 0 Å². The van der Waals surface area contributed by atoms with Gasteiger partial charge in [-0.05, 0) is 44.4 Å². The molecule has 1 fully saturated rings. The number of amides is 2. The number of hydrogen-bond acceptors (Lipinski definition) is 2. The number of piperazine rings is 1. The van der Waals surface area contributed by atoms with E-state index in [2.05, 4.69) is 13.8 Å².